The minimum Gasteiger partial charge on any atom is -0.493 e. The van der Waals surface area contributed by atoms with Gasteiger partial charge in [-0.2, -0.15) is 0 Å². The van der Waals surface area contributed by atoms with Gasteiger partial charge in [0.05, 0.1) is 12.6 Å². The Labute approximate surface area is 183 Å². The van der Waals surface area contributed by atoms with Crippen molar-refractivity contribution < 1.29 is 9.53 Å². The number of carbonyl (C=O) groups excluding carboxylic acids is 1. The Hall–Kier alpha value is -2.72. The van der Waals surface area contributed by atoms with Gasteiger partial charge in [-0.15, -0.1) is 11.8 Å². The first-order chi connectivity index (χ1) is 14.6. The molecule has 0 saturated carbocycles. The maximum Gasteiger partial charge on any atom is 0.251 e. The van der Waals surface area contributed by atoms with Crippen molar-refractivity contribution in [3.63, 3.8) is 0 Å². The van der Waals surface area contributed by atoms with E-state index in [4.69, 9.17) is 4.74 Å². The quantitative estimate of drug-likeness (QED) is 0.306. The lowest BCUT2D eigenvalue weighted by molar-refractivity contribution is 0.0932. The summed E-state index contributed by atoms with van der Waals surface area (Å²) in [5, 5.41) is 3.19. The highest BCUT2D eigenvalue weighted by atomic mass is 32.2. The molecule has 0 aliphatic carbocycles. The zero-order valence-electron chi connectivity index (χ0n) is 17.6. The van der Waals surface area contributed by atoms with Crippen LogP contribution in [-0.4, -0.2) is 18.3 Å². The first-order valence-corrected chi connectivity index (χ1v) is 11.4. The summed E-state index contributed by atoms with van der Waals surface area (Å²) in [6.45, 7) is 4.96. The second kappa shape index (κ2) is 11.5. The first kappa shape index (κ1) is 22.0. The molecule has 0 aromatic heterocycles. The zero-order chi connectivity index (χ0) is 21.2. The molecule has 3 rings (SSSR count). The van der Waals surface area contributed by atoms with E-state index in [0.717, 1.165) is 23.5 Å². The Morgan fingerprint density at radius 3 is 2.17 bits per heavy atom. The van der Waals surface area contributed by atoms with Crippen LogP contribution in [0.2, 0.25) is 0 Å². The van der Waals surface area contributed by atoms with Gasteiger partial charge < -0.3 is 10.1 Å². The highest BCUT2D eigenvalue weighted by Gasteiger charge is 2.17. The van der Waals surface area contributed by atoms with E-state index >= 15 is 0 Å². The van der Waals surface area contributed by atoms with Crippen molar-refractivity contribution in [3.05, 3.63) is 96.1 Å². The molecule has 30 heavy (non-hydrogen) atoms. The van der Waals surface area contributed by atoms with Gasteiger partial charge in [-0.3, -0.25) is 4.79 Å². The third kappa shape index (κ3) is 6.96. The van der Waals surface area contributed by atoms with Crippen LogP contribution in [0.4, 0.5) is 0 Å². The molecular weight excluding hydrogens is 390 g/mol. The number of ether oxygens (including phenoxy) is 1. The normalized spacial score (nSPS) is 11.8. The van der Waals surface area contributed by atoms with E-state index in [0.29, 0.717) is 18.1 Å². The maximum absolute atomic E-state index is 12.8. The van der Waals surface area contributed by atoms with Crippen molar-refractivity contribution in [1.82, 2.24) is 5.32 Å². The van der Waals surface area contributed by atoms with Crippen LogP contribution in [0.5, 0.6) is 5.75 Å². The second-order valence-electron chi connectivity index (χ2n) is 7.60. The second-order valence-corrected chi connectivity index (χ2v) is 8.77. The molecule has 0 aliphatic heterocycles. The summed E-state index contributed by atoms with van der Waals surface area (Å²) >= 11 is 1.77. The van der Waals surface area contributed by atoms with Crippen molar-refractivity contribution in [2.75, 3.05) is 12.4 Å². The van der Waals surface area contributed by atoms with Gasteiger partial charge in [0.15, 0.2) is 0 Å². The summed E-state index contributed by atoms with van der Waals surface area (Å²) in [6.07, 6.45) is 0.899. The minimum absolute atomic E-state index is 0.00429. The van der Waals surface area contributed by atoms with Crippen molar-refractivity contribution >= 4 is 17.7 Å². The molecule has 4 heteroatoms. The standard InChI is InChI=1S/C26H29NO2S/c1-20(2)19-25(21-9-5-3-6-10-21)27-26(28)22-13-15-23(16-14-22)29-17-18-30-24-11-7-4-8-12-24/h3-16,20,25H,17-19H2,1-2H3,(H,27,28)/t25-/m0/s1. The molecule has 0 saturated heterocycles. The number of nitrogens with one attached hydrogen (secondary N) is 1. The number of hydrogen-bond donors (Lipinski definition) is 1. The van der Waals surface area contributed by atoms with Gasteiger partial charge in [0.25, 0.3) is 5.91 Å². The van der Waals surface area contributed by atoms with Crippen molar-refractivity contribution in [2.24, 2.45) is 5.92 Å². The molecule has 0 unspecified atom stereocenters. The van der Waals surface area contributed by atoms with Gasteiger partial charge in [0.2, 0.25) is 0 Å². The average Bonchev–Trinajstić information content (AvgIpc) is 2.77. The topological polar surface area (TPSA) is 38.3 Å². The van der Waals surface area contributed by atoms with Gasteiger partial charge in [0.1, 0.15) is 5.75 Å². The highest BCUT2D eigenvalue weighted by Crippen LogP contribution is 2.22. The van der Waals surface area contributed by atoms with Gasteiger partial charge >= 0.3 is 0 Å². The SMILES string of the molecule is CC(C)C[C@H](NC(=O)c1ccc(OCCSc2ccccc2)cc1)c1ccccc1. The molecule has 0 aliphatic rings. The Bertz CT molecular complexity index is 895. The smallest absolute Gasteiger partial charge is 0.251 e. The van der Waals surface area contributed by atoms with Crippen LogP contribution in [0.1, 0.15) is 42.2 Å². The third-order valence-electron chi connectivity index (χ3n) is 4.69. The van der Waals surface area contributed by atoms with Crippen molar-refractivity contribution in [1.29, 1.82) is 0 Å². The lowest BCUT2D eigenvalue weighted by atomic mass is 9.96. The summed E-state index contributed by atoms with van der Waals surface area (Å²) in [7, 11) is 0. The number of benzene rings is 3. The number of rotatable bonds is 10. The summed E-state index contributed by atoms with van der Waals surface area (Å²) in [6, 6.07) is 27.8. The molecule has 0 bridgehead atoms. The molecular formula is C26H29NO2S. The third-order valence-corrected chi connectivity index (χ3v) is 5.67. The maximum atomic E-state index is 12.8. The van der Waals surface area contributed by atoms with Crippen LogP contribution >= 0.6 is 11.8 Å². The van der Waals surface area contributed by atoms with Gasteiger partial charge in [-0.25, -0.2) is 0 Å². The fourth-order valence-corrected chi connectivity index (χ4v) is 3.97. The fourth-order valence-electron chi connectivity index (χ4n) is 3.21. The van der Waals surface area contributed by atoms with E-state index in [1.165, 1.54) is 4.90 Å². The van der Waals surface area contributed by atoms with Crippen LogP contribution < -0.4 is 10.1 Å². The Morgan fingerprint density at radius 1 is 0.900 bits per heavy atom. The Kier molecular flexibility index (Phi) is 8.40. The average molecular weight is 420 g/mol. The van der Waals surface area contributed by atoms with E-state index in [9.17, 15) is 4.79 Å². The van der Waals surface area contributed by atoms with Crippen LogP contribution in [0.15, 0.2) is 89.8 Å². The van der Waals surface area contributed by atoms with Gasteiger partial charge in [-0.05, 0) is 54.3 Å². The monoisotopic (exact) mass is 419 g/mol. The lowest BCUT2D eigenvalue weighted by Gasteiger charge is -2.21. The molecule has 156 valence electrons. The number of thioether (sulfide) groups is 1. The van der Waals surface area contributed by atoms with E-state index in [2.05, 4.69) is 43.4 Å². The van der Waals surface area contributed by atoms with E-state index in [1.54, 1.807) is 11.8 Å². The molecule has 1 N–H and O–H groups in total. The van der Waals surface area contributed by atoms with Crippen LogP contribution in [-0.2, 0) is 0 Å². The largest absolute Gasteiger partial charge is 0.493 e. The zero-order valence-corrected chi connectivity index (χ0v) is 18.4. The molecule has 0 fully saturated rings. The minimum atomic E-state index is -0.0595. The van der Waals surface area contributed by atoms with Gasteiger partial charge in [0, 0.05) is 16.2 Å². The summed E-state index contributed by atoms with van der Waals surface area (Å²) < 4.78 is 5.81. The summed E-state index contributed by atoms with van der Waals surface area (Å²) in [5.74, 6) is 2.08. The van der Waals surface area contributed by atoms with Crippen molar-refractivity contribution in [3.8, 4) is 5.75 Å². The molecule has 0 spiro atoms. The number of amides is 1. The van der Waals surface area contributed by atoms with Crippen LogP contribution in [0, 0.1) is 5.92 Å². The first-order valence-electron chi connectivity index (χ1n) is 10.4. The molecule has 0 radical (unpaired) electrons. The van der Waals surface area contributed by atoms with E-state index in [-0.39, 0.29) is 11.9 Å². The van der Waals surface area contributed by atoms with Gasteiger partial charge in [-0.1, -0.05) is 62.4 Å². The molecule has 3 aromatic rings. The van der Waals surface area contributed by atoms with E-state index in [1.807, 2.05) is 60.7 Å². The number of hydrogen-bond acceptors (Lipinski definition) is 3. The van der Waals surface area contributed by atoms with Crippen LogP contribution in [0.25, 0.3) is 0 Å². The Morgan fingerprint density at radius 2 is 1.53 bits per heavy atom. The molecule has 3 aromatic carbocycles. The molecule has 1 amide bonds. The molecule has 0 heterocycles. The van der Waals surface area contributed by atoms with Crippen LogP contribution in [0.3, 0.4) is 0 Å². The highest BCUT2D eigenvalue weighted by molar-refractivity contribution is 7.99. The fraction of sp³-hybridized carbons (Fsp3) is 0.269. The molecule has 1 atom stereocenters. The summed E-state index contributed by atoms with van der Waals surface area (Å²) in [4.78, 5) is 14.0. The predicted molar refractivity (Wildman–Crippen MR) is 125 cm³/mol. The van der Waals surface area contributed by atoms with E-state index < -0.39 is 0 Å². The Balaban J connectivity index is 1.52. The lowest BCUT2D eigenvalue weighted by Crippen LogP contribution is -2.29. The number of carbonyl (C=O) groups is 1. The summed E-state index contributed by atoms with van der Waals surface area (Å²) in [5.41, 5.74) is 1.78. The van der Waals surface area contributed by atoms with Crippen molar-refractivity contribution in [2.45, 2.75) is 31.2 Å². The predicted octanol–water partition coefficient (Wildman–Crippen LogP) is 6.37. The molecule has 3 nitrogen and oxygen atoms in total.